The van der Waals surface area contributed by atoms with E-state index >= 15 is 0 Å². The first-order valence-electron chi connectivity index (χ1n) is 11.4. The van der Waals surface area contributed by atoms with E-state index in [2.05, 4.69) is 10.6 Å². The van der Waals surface area contributed by atoms with Gasteiger partial charge >= 0.3 is 6.09 Å². The Morgan fingerprint density at radius 1 is 0.947 bits per heavy atom. The van der Waals surface area contributed by atoms with Crippen molar-refractivity contribution in [2.75, 3.05) is 17.7 Å². The summed E-state index contributed by atoms with van der Waals surface area (Å²) in [5.41, 5.74) is -0.441. The van der Waals surface area contributed by atoms with Gasteiger partial charge in [-0.3, -0.25) is 14.9 Å². The Balaban J connectivity index is 2.00. The van der Waals surface area contributed by atoms with Gasteiger partial charge in [-0.25, -0.2) is 13.6 Å². The minimum atomic E-state index is -0.843. The molecule has 0 saturated carbocycles. The van der Waals surface area contributed by atoms with Crippen molar-refractivity contribution in [3.63, 3.8) is 0 Å². The number of carbonyl (C=O) groups excluding carboxylic acids is 3. The number of ether oxygens (including phenoxy) is 2. The summed E-state index contributed by atoms with van der Waals surface area (Å²) in [5, 5.41) is 14.1. The van der Waals surface area contributed by atoms with Crippen molar-refractivity contribution in [2.45, 2.75) is 32.8 Å². The van der Waals surface area contributed by atoms with Gasteiger partial charge in [0.1, 0.15) is 23.0 Å². The first-order chi connectivity index (χ1) is 17.9. The van der Waals surface area contributed by atoms with Crippen LogP contribution in [0.15, 0.2) is 54.6 Å². The van der Waals surface area contributed by atoms with Gasteiger partial charge in [0, 0.05) is 22.8 Å². The highest BCUT2D eigenvalue weighted by molar-refractivity contribution is 6.12. The number of nitriles is 1. The molecule has 196 valence electrons. The zero-order valence-electron chi connectivity index (χ0n) is 21.1. The molecule has 0 fully saturated rings. The van der Waals surface area contributed by atoms with Crippen LogP contribution in [0.4, 0.5) is 25.0 Å². The molecule has 0 spiro atoms. The van der Waals surface area contributed by atoms with Gasteiger partial charge in [0.2, 0.25) is 5.91 Å². The van der Waals surface area contributed by atoms with E-state index in [1.165, 1.54) is 43.5 Å². The maximum atomic E-state index is 14.6. The van der Waals surface area contributed by atoms with Crippen molar-refractivity contribution in [3.8, 4) is 22.9 Å². The summed E-state index contributed by atoms with van der Waals surface area (Å²) in [6.07, 6.45) is -1.43. The van der Waals surface area contributed by atoms with Crippen LogP contribution in [0.25, 0.3) is 11.1 Å². The number of nitrogens with zero attached hydrogens (tertiary/aromatic N) is 1. The summed E-state index contributed by atoms with van der Waals surface area (Å²) in [6, 6.07) is 13.3. The summed E-state index contributed by atoms with van der Waals surface area (Å²) >= 11 is 0. The Kier molecular flexibility index (Phi) is 8.43. The molecule has 0 aliphatic rings. The van der Waals surface area contributed by atoms with Gasteiger partial charge in [0.05, 0.1) is 36.5 Å². The lowest BCUT2D eigenvalue weighted by Crippen LogP contribution is -2.27. The van der Waals surface area contributed by atoms with Gasteiger partial charge in [-0.1, -0.05) is 12.1 Å². The lowest BCUT2D eigenvalue weighted by atomic mass is 10.0. The number of amides is 2. The number of carbonyl (C=O) groups is 3. The standard InChI is InChI=1S/C28H25F2N3O5/c1-28(2,3)38-27(36)33-23-13-25(37-4)20(19-11-18(29)8-9-21(19)30)12-22(23)32-26(35)14-24(34)17-7-5-6-16(10-17)15-31/h5-13H,14H2,1-4H3,(H,32,35)(H,33,36). The molecule has 0 radical (unpaired) electrons. The number of nitrogens with one attached hydrogen (secondary N) is 2. The number of hydrogen-bond acceptors (Lipinski definition) is 6. The van der Waals surface area contributed by atoms with Crippen LogP contribution in [0.5, 0.6) is 5.75 Å². The first-order valence-corrected chi connectivity index (χ1v) is 11.4. The van der Waals surface area contributed by atoms with Gasteiger partial charge in [-0.2, -0.15) is 5.26 Å². The summed E-state index contributed by atoms with van der Waals surface area (Å²) in [7, 11) is 1.31. The summed E-state index contributed by atoms with van der Waals surface area (Å²) in [6.45, 7) is 5.00. The van der Waals surface area contributed by atoms with Gasteiger partial charge in [-0.15, -0.1) is 0 Å². The fraction of sp³-hybridized carbons (Fsp3) is 0.214. The third kappa shape index (κ3) is 7.13. The van der Waals surface area contributed by atoms with E-state index in [1.54, 1.807) is 20.8 Å². The molecule has 3 rings (SSSR count). The van der Waals surface area contributed by atoms with Crippen molar-refractivity contribution in [1.82, 2.24) is 0 Å². The van der Waals surface area contributed by atoms with Crippen molar-refractivity contribution in [2.24, 2.45) is 0 Å². The van der Waals surface area contributed by atoms with Crippen LogP contribution in [-0.4, -0.2) is 30.5 Å². The number of methoxy groups -OCH3 is 1. The Bertz CT molecular complexity index is 1440. The van der Waals surface area contributed by atoms with Crippen LogP contribution < -0.4 is 15.4 Å². The largest absolute Gasteiger partial charge is 0.496 e. The van der Waals surface area contributed by atoms with Gasteiger partial charge < -0.3 is 14.8 Å². The molecule has 3 aromatic carbocycles. The van der Waals surface area contributed by atoms with Gasteiger partial charge in [-0.05, 0) is 57.2 Å². The fourth-order valence-corrected chi connectivity index (χ4v) is 3.49. The minimum absolute atomic E-state index is 0.0149. The average molecular weight is 522 g/mol. The van der Waals surface area contributed by atoms with Crippen molar-refractivity contribution < 1.29 is 32.6 Å². The molecule has 0 unspecified atom stereocenters. The molecule has 3 aromatic rings. The normalized spacial score (nSPS) is 10.8. The molecule has 0 aliphatic carbocycles. The Hall–Kier alpha value is -4.78. The number of benzene rings is 3. The van der Waals surface area contributed by atoms with E-state index in [4.69, 9.17) is 14.7 Å². The average Bonchev–Trinajstić information content (AvgIpc) is 2.85. The van der Waals surface area contributed by atoms with Crippen molar-refractivity contribution in [3.05, 3.63) is 77.4 Å². The molecule has 0 atom stereocenters. The highest BCUT2D eigenvalue weighted by Gasteiger charge is 2.22. The summed E-state index contributed by atoms with van der Waals surface area (Å²) in [4.78, 5) is 37.9. The molecule has 0 bridgehead atoms. The van der Waals surface area contributed by atoms with Crippen LogP contribution in [0.3, 0.4) is 0 Å². The Morgan fingerprint density at radius 2 is 1.66 bits per heavy atom. The molecule has 2 amide bonds. The van der Waals surface area contributed by atoms with Crippen LogP contribution in [-0.2, 0) is 9.53 Å². The van der Waals surface area contributed by atoms with Gasteiger partial charge in [0.25, 0.3) is 0 Å². The predicted molar refractivity (Wildman–Crippen MR) is 137 cm³/mol. The Morgan fingerprint density at radius 3 is 2.32 bits per heavy atom. The summed E-state index contributed by atoms with van der Waals surface area (Å²) < 4.78 is 39.2. The topological polar surface area (TPSA) is 118 Å². The number of ketones is 1. The molecule has 0 saturated heterocycles. The maximum Gasteiger partial charge on any atom is 0.412 e. The van der Waals surface area contributed by atoms with Gasteiger partial charge in [0.15, 0.2) is 5.78 Å². The lowest BCUT2D eigenvalue weighted by molar-refractivity contribution is -0.115. The molecule has 0 aromatic heterocycles. The zero-order chi connectivity index (χ0) is 28.0. The monoisotopic (exact) mass is 521 g/mol. The van der Waals surface area contributed by atoms with E-state index in [-0.39, 0.29) is 39.4 Å². The third-order valence-electron chi connectivity index (χ3n) is 5.10. The minimum Gasteiger partial charge on any atom is -0.496 e. The molecule has 10 heteroatoms. The maximum absolute atomic E-state index is 14.6. The summed E-state index contributed by atoms with van der Waals surface area (Å²) in [5.74, 6) is -2.67. The Labute approximate surface area is 218 Å². The van der Waals surface area contributed by atoms with Crippen LogP contribution in [0, 0.1) is 23.0 Å². The van der Waals surface area contributed by atoms with E-state index in [1.807, 2.05) is 6.07 Å². The number of halogens is 2. The smallest absolute Gasteiger partial charge is 0.412 e. The molecule has 0 heterocycles. The predicted octanol–water partition coefficient (Wildman–Crippen LogP) is 6.07. The molecule has 8 nitrogen and oxygen atoms in total. The van der Waals surface area contributed by atoms with E-state index < -0.39 is 41.4 Å². The fourth-order valence-electron chi connectivity index (χ4n) is 3.49. The first kappa shape index (κ1) is 27.8. The van der Waals surface area contributed by atoms with E-state index in [9.17, 15) is 23.2 Å². The molecule has 0 aliphatic heterocycles. The van der Waals surface area contributed by atoms with Crippen molar-refractivity contribution in [1.29, 1.82) is 5.26 Å². The zero-order valence-corrected chi connectivity index (χ0v) is 21.1. The number of hydrogen-bond donors (Lipinski definition) is 2. The second kappa shape index (κ2) is 11.5. The SMILES string of the molecule is COc1cc(NC(=O)OC(C)(C)C)c(NC(=O)CC(=O)c2cccc(C#N)c2)cc1-c1cc(F)ccc1F. The number of anilines is 2. The van der Waals surface area contributed by atoms with Crippen LogP contribution in [0.2, 0.25) is 0 Å². The van der Waals surface area contributed by atoms with E-state index in [0.717, 1.165) is 18.2 Å². The highest BCUT2D eigenvalue weighted by Crippen LogP contribution is 2.39. The second-order valence-corrected chi connectivity index (χ2v) is 9.19. The van der Waals surface area contributed by atoms with Crippen LogP contribution >= 0.6 is 0 Å². The molecular weight excluding hydrogens is 496 g/mol. The molecular formula is C28H25F2N3O5. The quantitative estimate of drug-likeness (QED) is 0.288. The number of rotatable bonds is 7. The second-order valence-electron chi connectivity index (χ2n) is 9.19. The van der Waals surface area contributed by atoms with Crippen LogP contribution in [0.1, 0.15) is 43.1 Å². The lowest BCUT2D eigenvalue weighted by Gasteiger charge is -2.21. The molecule has 2 N–H and O–H groups in total. The van der Waals surface area contributed by atoms with E-state index in [0.29, 0.717) is 0 Å². The third-order valence-corrected chi connectivity index (χ3v) is 5.10. The highest BCUT2D eigenvalue weighted by atomic mass is 19.1. The molecule has 38 heavy (non-hydrogen) atoms. The number of Topliss-reactive ketones (excluding diaryl/α,β-unsaturated/α-hetero) is 1. The van der Waals surface area contributed by atoms with Crippen molar-refractivity contribution >= 4 is 29.2 Å².